The molecule has 0 aliphatic carbocycles. The Kier molecular flexibility index (Phi) is 4.20. The van der Waals surface area contributed by atoms with Crippen LogP contribution in [0.5, 0.6) is 0 Å². The fourth-order valence-corrected chi connectivity index (χ4v) is 2.27. The molecule has 0 unspecified atom stereocenters. The number of alkyl halides is 3. The first-order valence-electron chi connectivity index (χ1n) is 5.62. The maximum Gasteiger partial charge on any atom is 0.433 e. The maximum atomic E-state index is 13.0. The zero-order chi connectivity index (χ0) is 14.9. The molecule has 2 aromatic rings. The van der Waals surface area contributed by atoms with Crippen molar-refractivity contribution in [3.63, 3.8) is 0 Å². The van der Waals surface area contributed by atoms with Gasteiger partial charge in [-0.15, -0.1) is 0 Å². The van der Waals surface area contributed by atoms with Crippen molar-refractivity contribution in [1.82, 2.24) is 9.97 Å². The Bertz CT molecular complexity index is 642. The molecule has 106 valence electrons. The van der Waals surface area contributed by atoms with Crippen LogP contribution in [0.2, 0.25) is 10.2 Å². The molecule has 0 saturated carbocycles. The van der Waals surface area contributed by atoms with Gasteiger partial charge in [-0.1, -0.05) is 41.4 Å². The van der Waals surface area contributed by atoms with E-state index in [4.69, 9.17) is 23.2 Å². The normalized spacial score (nSPS) is 11.7. The molecule has 0 N–H and O–H groups in total. The number of nitrogens with zero attached hydrogens (tertiary/aromatic N) is 2. The van der Waals surface area contributed by atoms with Gasteiger partial charge in [0.05, 0.1) is 0 Å². The number of benzene rings is 1. The summed E-state index contributed by atoms with van der Waals surface area (Å²) in [5, 5.41) is 0.169. The van der Waals surface area contributed by atoms with E-state index in [9.17, 15) is 13.2 Å². The van der Waals surface area contributed by atoms with Crippen molar-refractivity contribution in [3.05, 3.63) is 57.1 Å². The van der Waals surface area contributed by atoms with Gasteiger partial charge < -0.3 is 0 Å². The van der Waals surface area contributed by atoms with E-state index in [-0.39, 0.29) is 23.0 Å². The third-order valence-electron chi connectivity index (χ3n) is 2.66. The Morgan fingerprint density at radius 3 is 2.35 bits per heavy atom. The second kappa shape index (κ2) is 5.58. The molecule has 0 aliphatic heterocycles. The van der Waals surface area contributed by atoms with Gasteiger partial charge in [-0.3, -0.25) is 0 Å². The largest absolute Gasteiger partial charge is 0.433 e. The number of halogens is 5. The molecule has 0 radical (unpaired) electrons. The highest BCUT2D eigenvalue weighted by atomic mass is 35.5. The first kappa shape index (κ1) is 15.1. The molecule has 1 aromatic carbocycles. The van der Waals surface area contributed by atoms with Crippen LogP contribution in [0.25, 0.3) is 0 Å². The van der Waals surface area contributed by atoms with E-state index in [0.29, 0.717) is 10.6 Å². The van der Waals surface area contributed by atoms with E-state index in [1.165, 1.54) is 6.92 Å². The van der Waals surface area contributed by atoms with Gasteiger partial charge in [0, 0.05) is 17.0 Å². The zero-order valence-corrected chi connectivity index (χ0v) is 11.8. The fraction of sp³-hybridized carbons (Fsp3) is 0.231. The predicted molar refractivity (Wildman–Crippen MR) is 71.0 cm³/mol. The first-order chi connectivity index (χ1) is 9.29. The van der Waals surface area contributed by atoms with Crippen LogP contribution in [0.3, 0.4) is 0 Å². The quantitative estimate of drug-likeness (QED) is 0.749. The predicted octanol–water partition coefficient (Wildman–Crippen LogP) is 4.70. The summed E-state index contributed by atoms with van der Waals surface area (Å²) < 4.78 is 39.1. The van der Waals surface area contributed by atoms with E-state index < -0.39 is 11.9 Å². The van der Waals surface area contributed by atoms with Crippen molar-refractivity contribution in [3.8, 4) is 0 Å². The van der Waals surface area contributed by atoms with Crippen molar-refractivity contribution < 1.29 is 13.2 Å². The van der Waals surface area contributed by atoms with Gasteiger partial charge >= 0.3 is 6.18 Å². The molecule has 0 aliphatic rings. The smallest absolute Gasteiger partial charge is 0.228 e. The topological polar surface area (TPSA) is 25.8 Å². The summed E-state index contributed by atoms with van der Waals surface area (Å²) in [4.78, 5) is 7.25. The summed E-state index contributed by atoms with van der Waals surface area (Å²) in [6.07, 6.45) is -4.67. The second-order valence-corrected chi connectivity index (χ2v) is 4.92. The van der Waals surface area contributed by atoms with Crippen molar-refractivity contribution in [1.29, 1.82) is 0 Å². The minimum absolute atomic E-state index is 0.0229. The molecular formula is C13H9Cl2F3N2. The van der Waals surface area contributed by atoms with Crippen molar-refractivity contribution >= 4 is 23.2 Å². The van der Waals surface area contributed by atoms with Crippen LogP contribution >= 0.6 is 23.2 Å². The number of hydrogen-bond acceptors (Lipinski definition) is 2. The maximum absolute atomic E-state index is 13.0. The number of hydrogen-bond donors (Lipinski definition) is 0. The minimum atomic E-state index is -4.59. The Labute approximate surface area is 123 Å². The molecule has 0 amide bonds. The standard InChI is InChI=1S/C13H9Cl2F3N2/c1-7-19-11(13(16,17)18)9(12(15)20-7)6-8-4-2-3-5-10(8)14/h2-5H,6H2,1H3. The molecule has 0 atom stereocenters. The summed E-state index contributed by atoms with van der Waals surface area (Å²) in [7, 11) is 0. The van der Waals surface area contributed by atoms with Crippen LogP contribution in [0, 0.1) is 6.92 Å². The fourth-order valence-electron chi connectivity index (χ4n) is 1.78. The van der Waals surface area contributed by atoms with Gasteiger partial charge in [-0.25, -0.2) is 9.97 Å². The minimum Gasteiger partial charge on any atom is -0.228 e. The van der Waals surface area contributed by atoms with Crippen LogP contribution < -0.4 is 0 Å². The van der Waals surface area contributed by atoms with Crippen molar-refractivity contribution in [2.24, 2.45) is 0 Å². The summed E-state index contributed by atoms with van der Waals surface area (Å²) in [6, 6.07) is 6.63. The molecule has 1 aromatic heterocycles. The van der Waals surface area contributed by atoms with Gasteiger partial charge in [0.25, 0.3) is 0 Å². The Morgan fingerprint density at radius 1 is 1.10 bits per heavy atom. The lowest BCUT2D eigenvalue weighted by molar-refractivity contribution is -0.141. The molecular weight excluding hydrogens is 312 g/mol. The Balaban J connectivity index is 2.54. The lowest BCUT2D eigenvalue weighted by Crippen LogP contribution is -2.15. The number of aromatic nitrogens is 2. The molecule has 7 heteroatoms. The van der Waals surface area contributed by atoms with Gasteiger partial charge in [0.2, 0.25) is 0 Å². The average molecular weight is 321 g/mol. The van der Waals surface area contributed by atoms with E-state index in [1.54, 1.807) is 24.3 Å². The van der Waals surface area contributed by atoms with Crippen LogP contribution in [0.1, 0.15) is 22.6 Å². The van der Waals surface area contributed by atoms with E-state index in [1.807, 2.05) is 0 Å². The molecule has 0 bridgehead atoms. The lowest BCUT2D eigenvalue weighted by Gasteiger charge is -2.14. The monoisotopic (exact) mass is 320 g/mol. The SMILES string of the molecule is Cc1nc(Cl)c(Cc2ccccc2Cl)c(C(F)(F)F)n1. The Morgan fingerprint density at radius 2 is 1.75 bits per heavy atom. The molecule has 1 heterocycles. The van der Waals surface area contributed by atoms with Crippen LogP contribution in [-0.2, 0) is 12.6 Å². The zero-order valence-electron chi connectivity index (χ0n) is 10.3. The molecule has 0 saturated heterocycles. The van der Waals surface area contributed by atoms with Gasteiger partial charge in [0.15, 0.2) is 5.69 Å². The highest BCUT2D eigenvalue weighted by Crippen LogP contribution is 2.35. The molecule has 2 rings (SSSR count). The van der Waals surface area contributed by atoms with Gasteiger partial charge in [-0.2, -0.15) is 13.2 Å². The molecule has 2 nitrogen and oxygen atoms in total. The van der Waals surface area contributed by atoms with E-state index >= 15 is 0 Å². The first-order valence-corrected chi connectivity index (χ1v) is 6.38. The number of rotatable bonds is 2. The Hall–Kier alpha value is -1.33. The van der Waals surface area contributed by atoms with Crippen molar-refractivity contribution in [2.45, 2.75) is 19.5 Å². The highest BCUT2D eigenvalue weighted by molar-refractivity contribution is 6.31. The van der Waals surface area contributed by atoms with Crippen molar-refractivity contribution in [2.75, 3.05) is 0 Å². The summed E-state index contributed by atoms with van der Waals surface area (Å²) in [5.41, 5.74) is -0.651. The highest BCUT2D eigenvalue weighted by Gasteiger charge is 2.37. The molecule has 20 heavy (non-hydrogen) atoms. The molecule has 0 spiro atoms. The summed E-state index contributed by atoms with van der Waals surface area (Å²) in [6.45, 7) is 1.36. The average Bonchev–Trinajstić information content (AvgIpc) is 2.33. The van der Waals surface area contributed by atoms with Gasteiger partial charge in [-0.05, 0) is 18.6 Å². The van der Waals surface area contributed by atoms with Gasteiger partial charge in [0.1, 0.15) is 11.0 Å². The third-order valence-corrected chi connectivity index (χ3v) is 3.34. The lowest BCUT2D eigenvalue weighted by atomic mass is 10.0. The van der Waals surface area contributed by atoms with Crippen LogP contribution in [0.15, 0.2) is 24.3 Å². The second-order valence-electron chi connectivity index (χ2n) is 4.15. The van der Waals surface area contributed by atoms with Crippen LogP contribution in [0.4, 0.5) is 13.2 Å². The summed E-state index contributed by atoms with van der Waals surface area (Å²) >= 11 is 11.8. The summed E-state index contributed by atoms with van der Waals surface area (Å²) in [5.74, 6) is -0.0229. The third kappa shape index (κ3) is 3.22. The van der Waals surface area contributed by atoms with E-state index in [0.717, 1.165) is 0 Å². The number of aryl methyl sites for hydroxylation is 1. The molecule has 0 fully saturated rings. The van der Waals surface area contributed by atoms with Crippen LogP contribution in [-0.4, -0.2) is 9.97 Å². The van der Waals surface area contributed by atoms with E-state index in [2.05, 4.69) is 9.97 Å².